The zero-order valence-electron chi connectivity index (χ0n) is 12.9. The maximum absolute atomic E-state index is 11.1. The summed E-state index contributed by atoms with van der Waals surface area (Å²) in [5.41, 5.74) is 5.54. The fourth-order valence-corrected chi connectivity index (χ4v) is 3.01. The number of aryl methyl sites for hydroxylation is 2. The van der Waals surface area contributed by atoms with Crippen LogP contribution >= 0.6 is 15.9 Å². The second-order valence-corrected chi connectivity index (χ2v) is 6.42. The van der Waals surface area contributed by atoms with E-state index in [0.717, 1.165) is 32.7 Å². The second-order valence-electron chi connectivity index (χ2n) is 5.51. The van der Waals surface area contributed by atoms with Crippen LogP contribution < -0.4 is 0 Å². The summed E-state index contributed by atoms with van der Waals surface area (Å²) in [6, 6.07) is 17.6. The van der Waals surface area contributed by atoms with Gasteiger partial charge in [-0.25, -0.2) is 4.79 Å². The number of benzene rings is 2. The molecule has 3 rings (SSSR count). The van der Waals surface area contributed by atoms with Crippen LogP contribution in [-0.4, -0.2) is 15.6 Å². The van der Waals surface area contributed by atoms with Crippen LogP contribution in [0.25, 0.3) is 16.9 Å². The average molecular weight is 370 g/mol. The van der Waals surface area contributed by atoms with Crippen LogP contribution in [-0.2, 0) is 0 Å². The van der Waals surface area contributed by atoms with Gasteiger partial charge in [0.2, 0.25) is 0 Å². The highest BCUT2D eigenvalue weighted by atomic mass is 79.9. The van der Waals surface area contributed by atoms with Gasteiger partial charge in [-0.2, -0.15) is 0 Å². The first-order chi connectivity index (χ1) is 11.0. The van der Waals surface area contributed by atoms with Gasteiger partial charge in [0.25, 0.3) is 0 Å². The molecule has 23 heavy (non-hydrogen) atoms. The van der Waals surface area contributed by atoms with Crippen LogP contribution in [0.5, 0.6) is 0 Å². The largest absolute Gasteiger partial charge is 0.478 e. The Labute approximate surface area is 143 Å². The van der Waals surface area contributed by atoms with Crippen molar-refractivity contribution in [1.29, 1.82) is 0 Å². The van der Waals surface area contributed by atoms with Crippen LogP contribution in [0.15, 0.2) is 59.1 Å². The Kier molecular flexibility index (Phi) is 4.09. The number of hydrogen-bond donors (Lipinski definition) is 1. The number of carboxylic acids is 1. The van der Waals surface area contributed by atoms with E-state index < -0.39 is 5.97 Å². The number of aromatic carboxylic acids is 1. The van der Waals surface area contributed by atoms with Crippen molar-refractivity contribution in [3.05, 3.63) is 75.9 Å². The molecule has 0 atom stereocenters. The van der Waals surface area contributed by atoms with Crippen LogP contribution in [0, 0.1) is 13.8 Å². The smallest absolute Gasteiger partial charge is 0.335 e. The fourth-order valence-electron chi connectivity index (χ4n) is 2.74. The van der Waals surface area contributed by atoms with Gasteiger partial charge in [0.15, 0.2) is 0 Å². The summed E-state index contributed by atoms with van der Waals surface area (Å²) in [6.07, 6.45) is 0. The molecule has 0 bridgehead atoms. The van der Waals surface area contributed by atoms with E-state index in [-0.39, 0.29) is 0 Å². The maximum atomic E-state index is 11.1. The monoisotopic (exact) mass is 369 g/mol. The summed E-state index contributed by atoms with van der Waals surface area (Å²) in [7, 11) is 0. The molecule has 0 fully saturated rings. The third-order valence-corrected chi connectivity index (χ3v) is 4.43. The Balaban J connectivity index is 2.16. The van der Waals surface area contributed by atoms with Crippen LogP contribution in [0.4, 0.5) is 0 Å². The summed E-state index contributed by atoms with van der Waals surface area (Å²) in [6.45, 7) is 3.99. The maximum Gasteiger partial charge on any atom is 0.335 e. The summed E-state index contributed by atoms with van der Waals surface area (Å²) >= 11 is 3.46. The summed E-state index contributed by atoms with van der Waals surface area (Å²) < 4.78 is 3.20. The van der Waals surface area contributed by atoms with Gasteiger partial charge in [0.1, 0.15) is 0 Å². The molecule has 1 N–H and O–H groups in total. The van der Waals surface area contributed by atoms with E-state index in [1.165, 1.54) is 0 Å². The van der Waals surface area contributed by atoms with Crippen molar-refractivity contribution in [3.8, 4) is 16.9 Å². The van der Waals surface area contributed by atoms with Gasteiger partial charge >= 0.3 is 5.97 Å². The lowest BCUT2D eigenvalue weighted by Gasteiger charge is -2.15. The molecule has 3 aromatic rings. The normalized spacial score (nSPS) is 10.7. The number of rotatable bonds is 3. The molecule has 0 spiro atoms. The average Bonchev–Trinajstić information content (AvgIpc) is 2.89. The zero-order chi connectivity index (χ0) is 16.6. The van der Waals surface area contributed by atoms with E-state index in [9.17, 15) is 4.79 Å². The zero-order valence-corrected chi connectivity index (χ0v) is 14.5. The van der Waals surface area contributed by atoms with Crippen molar-refractivity contribution in [2.75, 3.05) is 0 Å². The number of carbonyl (C=O) groups is 1. The van der Waals surface area contributed by atoms with Crippen molar-refractivity contribution in [2.24, 2.45) is 0 Å². The summed E-state index contributed by atoms with van der Waals surface area (Å²) in [5, 5.41) is 9.13. The molecule has 0 aliphatic carbocycles. The van der Waals surface area contributed by atoms with Crippen LogP contribution in [0.3, 0.4) is 0 Å². The molecular weight excluding hydrogens is 354 g/mol. The molecule has 0 unspecified atom stereocenters. The summed E-state index contributed by atoms with van der Waals surface area (Å²) in [5.74, 6) is -0.906. The van der Waals surface area contributed by atoms with Crippen molar-refractivity contribution in [2.45, 2.75) is 13.8 Å². The molecule has 1 aromatic heterocycles. The number of halogens is 1. The highest BCUT2D eigenvalue weighted by Crippen LogP contribution is 2.29. The molecule has 0 radical (unpaired) electrons. The van der Waals surface area contributed by atoms with Crippen molar-refractivity contribution >= 4 is 21.9 Å². The molecule has 116 valence electrons. The second kappa shape index (κ2) is 6.05. The molecule has 0 aliphatic heterocycles. The predicted molar refractivity (Wildman–Crippen MR) is 95.3 cm³/mol. The first-order valence-corrected chi connectivity index (χ1v) is 8.05. The Morgan fingerprint density at radius 3 is 2.30 bits per heavy atom. The van der Waals surface area contributed by atoms with E-state index in [0.29, 0.717) is 5.56 Å². The minimum atomic E-state index is -0.906. The number of nitrogens with zero attached hydrogens (tertiary/aromatic N) is 1. The number of aromatic nitrogens is 1. The molecular formula is C19H16BrNO2. The van der Waals surface area contributed by atoms with Crippen molar-refractivity contribution in [1.82, 2.24) is 4.57 Å². The SMILES string of the molecule is Cc1cc(C(=O)O)ccc1-n1c(C)ccc1-c1ccc(Br)cc1. The van der Waals surface area contributed by atoms with E-state index in [1.54, 1.807) is 12.1 Å². The molecule has 0 aliphatic rings. The molecule has 0 saturated heterocycles. The molecule has 4 heteroatoms. The number of carboxylic acid groups (broad SMARTS) is 1. The first-order valence-electron chi connectivity index (χ1n) is 7.26. The van der Waals surface area contributed by atoms with E-state index in [4.69, 9.17) is 5.11 Å². The van der Waals surface area contributed by atoms with Crippen LogP contribution in [0.2, 0.25) is 0 Å². The lowest BCUT2D eigenvalue weighted by atomic mass is 10.1. The van der Waals surface area contributed by atoms with Gasteiger partial charge in [-0.1, -0.05) is 28.1 Å². The minimum absolute atomic E-state index is 0.307. The highest BCUT2D eigenvalue weighted by molar-refractivity contribution is 9.10. The van der Waals surface area contributed by atoms with Gasteiger partial charge < -0.3 is 9.67 Å². The Hall–Kier alpha value is -2.33. The first kappa shape index (κ1) is 15.6. The Bertz CT molecular complexity index is 879. The Morgan fingerprint density at radius 2 is 1.70 bits per heavy atom. The number of hydrogen-bond acceptors (Lipinski definition) is 1. The third kappa shape index (κ3) is 2.94. The van der Waals surface area contributed by atoms with E-state index in [1.807, 2.05) is 32.0 Å². The lowest BCUT2D eigenvalue weighted by Crippen LogP contribution is -2.04. The summed E-state index contributed by atoms with van der Waals surface area (Å²) in [4.78, 5) is 11.1. The van der Waals surface area contributed by atoms with Gasteiger partial charge in [0.05, 0.1) is 11.3 Å². The Morgan fingerprint density at radius 1 is 1.00 bits per heavy atom. The quantitative estimate of drug-likeness (QED) is 0.687. The predicted octanol–water partition coefficient (Wildman–Crippen LogP) is 5.22. The van der Waals surface area contributed by atoms with E-state index >= 15 is 0 Å². The topological polar surface area (TPSA) is 42.2 Å². The van der Waals surface area contributed by atoms with E-state index in [2.05, 4.69) is 44.8 Å². The minimum Gasteiger partial charge on any atom is -0.478 e. The van der Waals surface area contributed by atoms with Crippen molar-refractivity contribution in [3.63, 3.8) is 0 Å². The van der Waals surface area contributed by atoms with Gasteiger partial charge in [-0.3, -0.25) is 0 Å². The standard InChI is InChI=1S/C19H16BrNO2/c1-12-11-15(19(22)23)6-10-17(12)21-13(2)3-9-18(21)14-4-7-16(20)8-5-14/h3-11H,1-2H3,(H,22,23). The third-order valence-electron chi connectivity index (χ3n) is 3.90. The highest BCUT2D eigenvalue weighted by Gasteiger charge is 2.13. The van der Waals surface area contributed by atoms with Gasteiger partial charge in [0, 0.05) is 15.9 Å². The molecule has 0 saturated carbocycles. The molecule has 0 amide bonds. The van der Waals surface area contributed by atoms with Gasteiger partial charge in [-0.05, 0) is 67.4 Å². The molecule has 1 heterocycles. The lowest BCUT2D eigenvalue weighted by molar-refractivity contribution is 0.0697. The molecule has 2 aromatic carbocycles. The molecule has 3 nitrogen and oxygen atoms in total. The van der Waals surface area contributed by atoms with Gasteiger partial charge in [-0.15, -0.1) is 0 Å². The van der Waals surface area contributed by atoms with Crippen LogP contribution in [0.1, 0.15) is 21.6 Å². The van der Waals surface area contributed by atoms with Crippen molar-refractivity contribution < 1.29 is 9.90 Å². The fraction of sp³-hybridized carbons (Fsp3) is 0.105.